The van der Waals surface area contributed by atoms with Crippen molar-refractivity contribution in [3.05, 3.63) is 29.3 Å². The molecule has 1 amide bonds. The maximum Gasteiger partial charge on any atom is 0.230 e. The maximum atomic E-state index is 12.2. The first kappa shape index (κ1) is 14.7. The van der Waals surface area contributed by atoms with Crippen molar-refractivity contribution in [1.82, 2.24) is 0 Å². The van der Waals surface area contributed by atoms with Gasteiger partial charge in [0.2, 0.25) is 5.91 Å². The number of carbonyl (C=O) groups excluding carboxylic acids is 2. The smallest absolute Gasteiger partial charge is 0.230 e. The number of rotatable bonds is 5. The fraction of sp³-hybridized carbons (Fsp3) is 0.429. The second-order valence-corrected chi connectivity index (χ2v) is 4.80. The van der Waals surface area contributed by atoms with Gasteiger partial charge in [0.05, 0.1) is 0 Å². The van der Waals surface area contributed by atoms with Crippen molar-refractivity contribution in [2.45, 2.75) is 27.2 Å². The number of benzene rings is 1. The molecule has 1 unspecified atom stereocenters. The number of ketones is 1. The average molecular weight is 268 g/mol. The van der Waals surface area contributed by atoms with Gasteiger partial charge in [0, 0.05) is 29.6 Å². The molecule has 0 saturated carbocycles. The molecule has 1 rings (SSSR count). The lowest BCUT2D eigenvalue weighted by Gasteiger charge is -2.24. The molecule has 0 heterocycles. The molecule has 1 aromatic carbocycles. The van der Waals surface area contributed by atoms with E-state index in [9.17, 15) is 9.59 Å². The SMILES string of the molecule is CCN(C(=O)C(C)CC(C)=O)c1ccc(Cl)cc1. The summed E-state index contributed by atoms with van der Waals surface area (Å²) in [5.74, 6) is -0.295. The van der Waals surface area contributed by atoms with Crippen molar-refractivity contribution in [3.8, 4) is 0 Å². The molecule has 0 bridgehead atoms. The van der Waals surface area contributed by atoms with E-state index in [4.69, 9.17) is 11.6 Å². The Labute approximate surface area is 113 Å². The molecule has 0 radical (unpaired) electrons. The van der Waals surface area contributed by atoms with Crippen molar-refractivity contribution in [2.75, 3.05) is 11.4 Å². The van der Waals surface area contributed by atoms with Gasteiger partial charge in [0.25, 0.3) is 0 Å². The Bertz CT molecular complexity index is 428. The quantitative estimate of drug-likeness (QED) is 0.821. The highest BCUT2D eigenvalue weighted by atomic mass is 35.5. The molecule has 0 N–H and O–H groups in total. The molecule has 0 spiro atoms. The van der Waals surface area contributed by atoms with Crippen molar-refractivity contribution < 1.29 is 9.59 Å². The van der Waals surface area contributed by atoms with E-state index in [0.717, 1.165) is 5.69 Å². The molecule has 3 nitrogen and oxygen atoms in total. The monoisotopic (exact) mass is 267 g/mol. The number of carbonyl (C=O) groups is 2. The van der Waals surface area contributed by atoms with E-state index in [0.29, 0.717) is 11.6 Å². The second-order valence-electron chi connectivity index (χ2n) is 4.37. The molecule has 0 aliphatic carbocycles. The van der Waals surface area contributed by atoms with E-state index in [1.807, 2.05) is 19.1 Å². The molecule has 0 aromatic heterocycles. The van der Waals surface area contributed by atoms with Gasteiger partial charge in [0.1, 0.15) is 5.78 Å². The molecule has 98 valence electrons. The predicted octanol–water partition coefficient (Wildman–Crippen LogP) is 3.31. The molecule has 0 fully saturated rings. The Hall–Kier alpha value is -1.35. The van der Waals surface area contributed by atoms with Crippen LogP contribution in [0.1, 0.15) is 27.2 Å². The van der Waals surface area contributed by atoms with Crippen LogP contribution in [0.15, 0.2) is 24.3 Å². The van der Waals surface area contributed by atoms with E-state index in [1.165, 1.54) is 6.92 Å². The van der Waals surface area contributed by atoms with E-state index < -0.39 is 0 Å². The van der Waals surface area contributed by atoms with Crippen LogP contribution in [-0.2, 0) is 9.59 Å². The average Bonchev–Trinajstić information content (AvgIpc) is 2.31. The lowest BCUT2D eigenvalue weighted by Crippen LogP contribution is -2.35. The van der Waals surface area contributed by atoms with Crippen molar-refractivity contribution in [1.29, 1.82) is 0 Å². The van der Waals surface area contributed by atoms with Crippen molar-refractivity contribution in [3.63, 3.8) is 0 Å². The van der Waals surface area contributed by atoms with Crippen molar-refractivity contribution >= 4 is 29.0 Å². The highest BCUT2D eigenvalue weighted by Gasteiger charge is 2.21. The maximum absolute atomic E-state index is 12.2. The third-order valence-corrected chi connectivity index (χ3v) is 2.99. The summed E-state index contributed by atoms with van der Waals surface area (Å²) in [6.07, 6.45) is 0.281. The number of amides is 1. The van der Waals surface area contributed by atoms with Crippen LogP contribution >= 0.6 is 11.6 Å². The molecule has 0 aliphatic rings. The van der Waals surface area contributed by atoms with Gasteiger partial charge < -0.3 is 9.69 Å². The molecule has 1 aromatic rings. The fourth-order valence-corrected chi connectivity index (χ4v) is 2.00. The highest BCUT2D eigenvalue weighted by molar-refractivity contribution is 6.30. The minimum absolute atomic E-state index is 0.0306. The van der Waals surface area contributed by atoms with E-state index in [1.54, 1.807) is 24.0 Å². The van der Waals surface area contributed by atoms with Gasteiger partial charge >= 0.3 is 0 Å². The number of hydrogen-bond donors (Lipinski definition) is 0. The summed E-state index contributed by atoms with van der Waals surface area (Å²) in [7, 11) is 0. The van der Waals surface area contributed by atoms with Gasteiger partial charge in [-0.3, -0.25) is 4.79 Å². The summed E-state index contributed by atoms with van der Waals surface area (Å²) in [6, 6.07) is 7.12. The summed E-state index contributed by atoms with van der Waals surface area (Å²) < 4.78 is 0. The van der Waals surface area contributed by atoms with Crippen LogP contribution in [-0.4, -0.2) is 18.2 Å². The molecule has 18 heavy (non-hydrogen) atoms. The Balaban J connectivity index is 2.86. The number of hydrogen-bond acceptors (Lipinski definition) is 2. The lowest BCUT2D eigenvalue weighted by molar-refractivity contribution is -0.126. The molecular formula is C14H18ClNO2. The number of nitrogens with zero attached hydrogens (tertiary/aromatic N) is 1. The summed E-state index contributed by atoms with van der Waals surface area (Å²) in [4.78, 5) is 25.0. The molecular weight excluding hydrogens is 250 g/mol. The summed E-state index contributed by atoms with van der Waals surface area (Å²) in [5.41, 5.74) is 0.808. The molecule has 0 saturated heterocycles. The molecule has 0 aliphatic heterocycles. The first-order chi connectivity index (χ1) is 8.45. The van der Waals surface area contributed by atoms with Gasteiger partial charge in [-0.15, -0.1) is 0 Å². The number of anilines is 1. The topological polar surface area (TPSA) is 37.4 Å². The normalized spacial score (nSPS) is 12.0. The number of Topliss-reactive ketones (excluding diaryl/α,β-unsaturated/α-hetero) is 1. The Morgan fingerprint density at radius 1 is 1.28 bits per heavy atom. The lowest BCUT2D eigenvalue weighted by atomic mass is 10.0. The van der Waals surface area contributed by atoms with Gasteiger partial charge in [0.15, 0.2) is 0 Å². The second kappa shape index (κ2) is 6.55. The van der Waals surface area contributed by atoms with Crippen LogP contribution in [0.3, 0.4) is 0 Å². The highest BCUT2D eigenvalue weighted by Crippen LogP contribution is 2.20. The summed E-state index contributed by atoms with van der Waals surface area (Å²) in [6.45, 7) is 5.76. The van der Waals surface area contributed by atoms with Crippen LogP contribution in [0.4, 0.5) is 5.69 Å². The Kier molecular flexibility index (Phi) is 5.35. The standard InChI is InChI=1S/C14H18ClNO2/c1-4-16(13-7-5-12(15)6-8-13)14(18)10(2)9-11(3)17/h5-8,10H,4,9H2,1-3H3. The largest absolute Gasteiger partial charge is 0.312 e. The van der Waals surface area contributed by atoms with Crippen molar-refractivity contribution in [2.24, 2.45) is 5.92 Å². The van der Waals surface area contributed by atoms with Crippen LogP contribution in [0.2, 0.25) is 5.02 Å². The molecule has 1 atom stereocenters. The van der Waals surface area contributed by atoms with Crippen LogP contribution in [0.25, 0.3) is 0 Å². The minimum Gasteiger partial charge on any atom is -0.312 e. The van der Waals surface area contributed by atoms with Crippen LogP contribution in [0, 0.1) is 5.92 Å². The van der Waals surface area contributed by atoms with Gasteiger partial charge in [-0.2, -0.15) is 0 Å². The Morgan fingerprint density at radius 2 is 1.83 bits per heavy atom. The van der Waals surface area contributed by atoms with Gasteiger partial charge in [-0.05, 0) is 38.1 Å². The minimum atomic E-state index is -0.293. The van der Waals surface area contributed by atoms with Gasteiger partial charge in [-0.1, -0.05) is 18.5 Å². The zero-order valence-electron chi connectivity index (χ0n) is 10.9. The first-order valence-electron chi connectivity index (χ1n) is 6.02. The van der Waals surface area contributed by atoms with E-state index in [-0.39, 0.29) is 24.0 Å². The summed E-state index contributed by atoms with van der Waals surface area (Å²) >= 11 is 5.82. The Morgan fingerprint density at radius 3 is 2.28 bits per heavy atom. The summed E-state index contributed by atoms with van der Waals surface area (Å²) in [5, 5.41) is 0.638. The van der Waals surface area contributed by atoms with E-state index in [2.05, 4.69) is 0 Å². The predicted molar refractivity (Wildman–Crippen MR) is 73.9 cm³/mol. The fourth-order valence-electron chi connectivity index (χ4n) is 1.87. The third kappa shape index (κ3) is 3.84. The number of halogens is 1. The van der Waals surface area contributed by atoms with E-state index >= 15 is 0 Å². The third-order valence-electron chi connectivity index (χ3n) is 2.74. The van der Waals surface area contributed by atoms with Crippen LogP contribution in [0.5, 0.6) is 0 Å². The zero-order valence-corrected chi connectivity index (χ0v) is 11.7. The zero-order chi connectivity index (χ0) is 13.7. The van der Waals surface area contributed by atoms with Crippen LogP contribution < -0.4 is 4.90 Å². The van der Waals surface area contributed by atoms with Gasteiger partial charge in [-0.25, -0.2) is 0 Å². The molecule has 4 heteroatoms. The first-order valence-corrected chi connectivity index (χ1v) is 6.39.